The Kier molecular flexibility index (Phi) is 6.75. The maximum absolute atomic E-state index is 8.81. The number of hydrogen-bond donors (Lipinski definition) is 0. The lowest BCUT2D eigenvalue weighted by atomic mass is 10.1. The summed E-state index contributed by atoms with van der Waals surface area (Å²) >= 11 is 0. The number of hydrogen-bond acceptors (Lipinski definition) is 3. The van der Waals surface area contributed by atoms with Crippen molar-refractivity contribution < 1.29 is 17.8 Å². The molecule has 13 aromatic rings. The van der Waals surface area contributed by atoms with E-state index in [1.54, 1.807) is 12.3 Å². The minimum atomic E-state index is -2.44. The van der Waals surface area contributed by atoms with Crippen LogP contribution in [0.1, 0.15) is 9.68 Å². The van der Waals surface area contributed by atoms with Crippen LogP contribution in [0.25, 0.3) is 99.5 Å². The van der Waals surface area contributed by atoms with Crippen molar-refractivity contribution in [2.45, 2.75) is 6.85 Å². The Balaban J connectivity index is 0.905. The molecule has 0 bridgehead atoms. The number of ether oxygens (including phenoxy) is 1. The average Bonchev–Trinajstić information content (AvgIpc) is 4.09. The van der Waals surface area contributed by atoms with Crippen LogP contribution in [0.3, 0.4) is 0 Å². The molecule has 7 nitrogen and oxygen atoms in total. The Hall–Kier alpha value is -8.42. The van der Waals surface area contributed by atoms with Crippen LogP contribution in [-0.4, -0.2) is 18.7 Å². The summed E-state index contributed by atoms with van der Waals surface area (Å²) in [5.74, 6) is 1.76. The van der Waals surface area contributed by atoms with Gasteiger partial charge in [-0.15, -0.1) is 0 Å². The van der Waals surface area contributed by atoms with Gasteiger partial charge in [-0.25, -0.2) is 4.98 Å². The standard InChI is InChI=1S/C55H35N5O2/c1-35-29-55(56-33-52(35)59-46-19-6-2-15-40(46)41-16-3-7-20-47(41)59)60-48-21-8-4-17-42(48)43-27-26-39(32-51(43)60)61-38-14-12-13-36(30-38)57-34-58(50-23-10-9-22-49(50)57)37-25-28-54-45(31-37)44-18-5-11-24-53(44)62-54/h2-33H,1H3/i1D3. The van der Waals surface area contributed by atoms with Gasteiger partial charge in [-0.2, -0.15) is 0 Å². The lowest BCUT2D eigenvalue weighted by Gasteiger charge is -2.14. The number of benzene rings is 8. The molecule has 0 amide bonds. The van der Waals surface area contributed by atoms with E-state index in [2.05, 4.69) is 70.1 Å². The largest absolute Gasteiger partial charge is 0.458 e. The number of aromatic nitrogens is 5. The minimum absolute atomic E-state index is 0.204. The number of fused-ring (bicyclic) bond motifs is 10. The Morgan fingerprint density at radius 2 is 1.18 bits per heavy atom. The highest BCUT2D eigenvalue weighted by atomic mass is 16.5. The van der Waals surface area contributed by atoms with Gasteiger partial charge in [0, 0.05) is 42.5 Å². The zero-order chi connectivity index (χ0) is 43.4. The molecule has 8 aromatic carbocycles. The maximum Gasteiger partial charge on any atom is 0.269 e. The third-order valence-electron chi connectivity index (χ3n) is 12.1. The SMILES string of the molecule is [2H]C([2H])([2H])c1cc(-n2c3ccccc3c3ccc(Oc4cccc(-n5[c-][n+](-c6ccc7oc8ccccc8c7c6)c6ccccc65)c4)cc32)ncc1-n1c2ccccc2c2ccccc21. The molecule has 7 heteroatoms. The molecule has 0 aliphatic rings. The fourth-order valence-corrected chi connectivity index (χ4v) is 9.30. The molecule has 0 spiro atoms. The first kappa shape index (κ1) is 31.5. The van der Waals surface area contributed by atoms with Crippen LogP contribution in [0.5, 0.6) is 11.5 Å². The lowest BCUT2D eigenvalue weighted by Crippen LogP contribution is -2.29. The Labute approximate surface area is 359 Å². The van der Waals surface area contributed by atoms with Gasteiger partial charge in [-0.1, -0.05) is 103 Å². The number of pyridine rings is 1. The number of imidazole rings is 1. The van der Waals surface area contributed by atoms with Crippen molar-refractivity contribution in [3.63, 3.8) is 0 Å². The van der Waals surface area contributed by atoms with Crippen molar-refractivity contribution in [3.8, 4) is 34.4 Å². The molecule has 0 unspecified atom stereocenters. The van der Waals surface area contributed by atoms with Crippen molar-refractivity contribution in [2.75, 3.05) is 0 Å². The first-order valence-electron chi connectivity index (χ1n) is 22.0. The third kappa shape index (κ3) is 5.18. The van der Waals surface area contributed by atoms with Crippen LogP contribution in [0.4, 0.5) is 0 Å². The van der Waals surface area contributed by atoms with Crippen molar-refractivity contribution in [2.24, 2.45) is 0 Å². The molecule has 0 aliphatic heterocycles. The van der Waals surface area contributed by atoms with E-state index in [-0.39, 0.29) is 5.56 Å². The fourth-order valence-electron chi connectivity index (χ4n) is 9.30. The second-order valence-corrected chi connectivity index (χ2v) is 15.6. The zero-order valence-electron chi connectivity index (χ0n) is 36.0. The van der Waals surface area contributed by atoms with E-state index in [1.807, 2.05) is 137 Å². The van der Waals surface area contributed by atoms with Crippen LogP contribution in [0.2, 0.25) is 0 Å². The summed E-state index contributed by atoms with van der Waals surface area (Å²) in [6.07, 6.45) is 5.32. The van der Waals surface area contributed by atoms with Crippen LogP contribution in [0, 0.1) is 13.2 Å². The monoisotopic (exact) mass is 800 g/mol. The number of para-hydroxylation sites is 6. The van der Waals surface area contributed by atoms with Gasteiger partial charge in [0.15, 0.2) is 0 Å². The van der Waals surface area contributed by atoms with Gasteiger partial charge in [0.05, 0.1) is 56.4 Å². The fraction of sp³-hybridized carbons (Fsp3) is 0.0182. The molecule has 0 radical (unpaired) electrons. The Morgan fingerprint density at radius 1 is 0.532 bits per heavy atom. The Bertz CT molecular complexity index is 4010. The zero-order valence-corrected chi connectivity index (χ0v) is 33.0. The van der Waals surface area contributed by atoms with Crippen molar-refractivity contribution in [1.82, 2.24) is 18.7 Å². The molecular formula is C55H35N5O2. The highest BCUT2D eigenvalue weighted by molar-refractivity contribution is 6.11. The second-order valence-electron chi connectivity index (χ2n) is 15.6. The van der Waals surface area contributed by atoms with E-state index in [4.69, 9.17) is 18.3 Å². The van der Waals surface area contributed by atoms with E-state index in [0.29, 0.717) is 23.0 Å². The van der Waals surface area contributed by atoms with E-state index >= 15 is 0 Å². The van der Waals surface area contributed by atoms with E-state index < -0.39 is 6.85 Å². The van der Waals surface area contributed by atoms with E-state index in [0.717, 1.165) is 88.0 Å². The van der Waals surface area contributed by atoms with Gasteiger partial charge in [0.1, 0.15) is 28.5 Å². The predicted octanol–water partition coefficient (Wildman–Crippen LogP) is 13.3. The molecule has 292 valence electrons. The molecule has 0 saturated heterocycles. The molecule has 0 atom stereocenters. The smallest absolute Gasteiger partial charge is 0.269 e. The summed E-state index contributed by atoms with van der Waals surface area (Å²) in [6, 6.07) is 62.6. The molecule has 0 fully saturated rings. The Morgan fingerprint density at radius 3 is 1.95 bits per heavy atom. The first-order valence-corrected chi connectivity index (χ1v) is 20.5. The van der Waals surface area contributed by atoms with Crippen LogP contribution in [0.15, 0.2) is 199 Å². The normalized spacial score (nSPS) is 12.9. The van der Waals surface area contributed by atoms with Crippen molar-refractivity contribution in [1.29, 1.82) is 0 Å². The summed E-state index contributed by atoms with van der Waals surface area (Å²) in [7, 11) is 0. The van der Waals surface area contributed by atoms with Gasteiger partial charge in [-0.05, 0) is 91.3 Å². The predicted molar refractivity (Wildman–Crippen MR) is 249 cm³/mol. The number of furan rings is 1. The van der Waals surface area contributed by atoms with Gasteiger partial charge in [0.25, 0.3) is 6.33 Å². The van der Waals surface area contributed by atoms with Gasteiger partial charge in [-0.3, -0.25) is 13.7 Å². The molecule has 0 saturated carbocycles. The second kappa shape index (κ2) is 13.3. The summed E-state index contributed by atoms with van der Waals surface area (Å²) in [5.41, 5.74) is 9.83. The summed E-state index contributed by atoms with van der Waals surface area (Å²) < 4.78 is 47.4. The molecule has 5 aromatic heterocycles. The third-order valence-corrected chi connectivity index (χ3v) is 12.1. The molecular weight excluding hydrogens is 763 g/mol. The van der Waals surface area contributed by atoms with Gasteiger partial charge in [0.2, 0.25) is 0 Å². The first-order chi connectivity index (χ1) is 31.9. The molecule has 62 heavy (non-hydrogen) atoms. The quantitative estimate of drug-likeness (QED) is 0.124. The van der Waals surface area contributed by atoms with Crippen LogP contribution in [-0.2, 0) is 0 Å². The highest BCUT2D eigenvalue weighted by Crippen LogP contribution is 2.38. The van der Waals surface area contributed by atoms with Gasteiger partial charge < -0.3 is 13.7 Å². The van der Waals surface area contributed by atoms with Crippen LogP contribution < -0.4 is 9.30 Å². The molecule has 5 heterocycles. The summed E-state index contributed by atoms with van der Waals surface area (Å²) in [4.78, 5) is 5.04. The number of rotatable bonds is 6. The summed E-state index contributed by atoms with van der Waals surface area (Å²) in [5, 5.41) is 6.22. The highest BCUT2D eigenvalue weighted by Gasteiger charge is 2.19. The minimum Gasteiger partial charge on any atom is -0.458 e. The van der Waals surface area contributed by atoms with E-state index in [1.165, 1.54) is 0 Å². The lowest BCUT2D eigenvalue weighted by molar-refractivity contribution is -0.572. The topological polar surface area (TPSA) is 53.9 Å². The number of nitrogens with zero attached hydrogens (tertiary/aromatic N) is 5. The van der Waals surface area contributed by atoms with Gasteiger partial charge >= 0.3 is 0 Å². The molecule has 0 N–H and O–H groups in total. The molecule has 13 rings (SSSR count). The number of aryl methyl sites for hydroxylation is 1. The van der Waals surface area contributed by atoms with Crippen LogP contribution >= 0.6 is 0 Å². The van der Waals surface area contributed by atoms with Crippen molar-refractivity contribution in [3.05, 3.63) is 206 Å². The van der Waals surface area contributed by atoms with Crippen molar-refractivity contribution >= 4 is 76.6 Å². The molecule has 0 aliphatic carbocycles. The average molecular weight is 801 g/mol. The summed E-state index contributed by atoms with van der Waals surface area (Å²) in [6.45, 7) is -2.44. The van der Waals surface area contributed by atoms with E-state index in [9.17, 15) is 0 Å². The maximum atomic E-state index is 8.81.